The summed E-state index contributed by atoms with van der Waals surface area (Å²) in [5, 5.41) is 11.9. The van der Waals surface area contributed by atoms with Crippen LogP contribution in [0.1, 0.15) is 33.1 Å². The molecular formula is C21H26Cl2N6. The first-order chi connectivity index (χ1) is 14.2. The number of hydrogen-bond acceptors (Lipinski definition) is 5. The number of halogens is 2. The minimum absolute atomic E-state index is 0.483. The average Bonchev–Trinajstić information content (AvgIpc) is 3.39. The number of benzene rings is 1. The van der Waals surface area contributed by atoms with Crippen LogP contribution in [0.15, 0.2) is 24.4 Å². The molecule has 3 aromatic rings. The van der Waals surface area contributed by atoms with E-state index in [4.69, 9.17) is 28.2 Å². The lowest BCUT2D eigenvalue weighted by Gasteiger charge is -2.39. The Hall–Kier alpha value is -1.89. The first-order valence-electron chi connectivity index (χ1n) is 10.3. The smallest absolute Gasteiger partial charge is 0.202 e. The Bertz CT molecular complexity index is 986. The van der Waals surface area contributed by atoms with E-state index in [1.165, 1.54) is 19.3 Å². The Labute approximate surface area is 181 Å². The standard InChI is InChI=1S/C19H20Cl2N6.C2H6/c20-13-3-1-2-12(15(13)21)16-17-18(26-25-16)24-14(10-23-17)27-8-5-19(6-9-27)4-7-22-11-19;1-2/h1-3,10,22H,4-9,11H2,(H,24,25,26);1-2H3. The molecule has 4 heterocycles. The topological polar surface area (TPSA) is 69.7 Å². The van der Waals surface area contributed by atoms with Gasteiger partial charge in [-0.3, -0.25) is 5.10 Å². The SMILES string of the molecule is CC.Clc1cccc(-c2[nH]nc3nc(N4CCC5(CCNC5)CC4)cnc23)c1Cl. The Kier molecular flexibility index (Phi) is 5.95. The number of H-pyrrole nitrogens is 1. The lowest BCUT2D eigenvalue weighted by molar-refractivity contribution is 0.247. The molecule has 1 spiro atoms. The Morgan fingerprint density at radius 1 is 1.10 bits per heavy atom. The van der Waals surface area contributed by atoms with Crippen molar-refractivity contribution < 1.29 is 0 Å². The third-order valence-electron chi connectivity index (χ3n) is 5.95. The van der Waals surface area contributed by atoms with E-state index in [-0.39, 0.29) is 0 Å². The number of fused-ring (bicyclic) bond motifs is 1. The van der Waals surface area contributed by atoms with E-state index in [0.717, 1.165) is 43.3 Å². The third-order valence-corrected chi connectivity index (χ3v) is 6.77. The number of anilines is 1. The summed E-state index contributed by atoms with van der Waals surface area (Å²) >= 11 is 12.5. The van der Waals surface area contributed by atoms with Crippen molar-refractivity contribution in [1.29, 1.82) is 0 Å². The summed E-state index contributed by atoms with van der Waals surface area (Å²) in [4.78, 5) is 11.7. The predicted octanol–water partition coefficient (Wildman–Crippen LogP) is 4.93. The lowest BCUT2D eigenvalue weighted by atomic mass is 9.78. The molecule has 6 nitrogen and oxygen atoms in total. The molecule has 0 bridgehead atoms. The van der Waals surface area contributed by atoms with Crippen molar-refractivity contribution in [2.75, 3.05) is 31.1 Å². The second-order valence-corrected chi connectivity index (χ2v) is 8.30. The van der Waals surface area contributed by atoms with Crippen molar-refractivity contribution in [3.63, 3.8) is 0 Å². The molecule has 2 aliphatic rings. The molecule has 1 aromatic carbocycles. The summed E-state index contributed by atoms with van der Waals surface area (Å²) in [7, 11) is 0. The van der Waals surface area contributed by atoms with Gasteiger partial charge >= 0.3 is 0 Å². The van der Waals surface area contributed by atoms with Crippen molar-refractivity contribution in [3.8, 4) is 11.3 Å². The predicted molar refractivity (Wildman–Crippen MR) is 120 cm³/mol. The van der Waals surface area contributed by atoms with Crippen LogP contribution in [0.2, 0.25) is 10.0 Å². The minimum Gasteiger partial charge on any atom is -0.355 e. The number of piperidine rings is 1. The summed E-state index contributed by atoms with van der Waals surface area (Å²) in [6.07, 6.45) is 5.52. The zero-order valence-corrected chi connectivity index (χ0v) is 18.3. The van der Waals surface area contributed by atoms with E-state index < -0.39 is 0 Å². The van der Waals surface area contributed by atoms with Gasteiger partial charge in [-0.05, 0) is 37.3 Å². The fourth-order valence-electron chi connectivity index (χ4n) is 4.26. The molecule has 0 radical (unpaired) electrons. The number of hydrogen-bond donors (Lipinski definition) is 2. The summed E-state index contributed by atoms with van der Waals surface area (Å²) in [5.74, 6) is 0.888. The lowest BCUT2D eigenvalue weighted by Crippen LogP contribution is -2.41. The minimum atomic E-state index is 0.483. The first kappa shape index (κ1) is 20.4. The van der Waals surface area contributed by atoms with Gasteiger partial charge in [0.15, 0.2) is 0 Å². The third kappa shape index (κ3) is 3.81. The zero-order chi connectivity index (χ0) is 20.4. The maximum absolute atomic E-state index is 6.36. The van der Waals surface area contributed by atoms with Gasteiger partial charge in [-0.25, -0.2) is 9.97 Å². The molecule has 29 heavy (non-hydrogen) atoms. The molecule has 5 rings (SSSR count). The number of nitrogens with one attached hydrogen (secondary N) is 2. The molecule has 0 amide bonds. The Morgan fingerprint density at radius 2 is 1.90 bits per heavy atom. The largest absolute Gasteiger partial charge is 0.355 e. The van der Waals surface area contributed by atoms with E-state index in [2.05, 4.69) is 25.4 Å². The molecular weight excluding hydrogens is 407 g/mol. The molecule has 2 N–H and O–H groups in total. The van der Waals surface area contributed by atoms with E-state index >= 15 is 0 Å². The van der Waals surface area contributed by atoms with Crippen LogP contribution in [0.25, 0.3) is 22.4 Å². The van der Waals surface area contributed by atoms with Gasteiger partial charge in [0.05, 0.1) is 21.9 Å². The molecule has 2 aromatic heterocycles. The van der Waals surface area contributed by atoms with E-state index in [9.17, 15) is 0 Å². The molecule has 154 valence electrons. The van der Waals surface area contributed by atoms with Crippen LogP contribution in [-0.4, -0.2) is 46.3 Å². The van der Waals surface area contributed by atoms with Gasteiger partial charge in [0, 0.05) is 25.2 Å². The van der Waals surface area contributed by atoms with Crippen LogP contribution >= 0.6 is 23.2 Å². The van der Waals surface area contributed by atoms with Crippen molar-refractivity contribution in [2.45, 2.75) is 33.1 Å². The first-order valence-corrected chi connectivity index (χ1v) is 11.0. The van der Waals surface area contributed by atoms with Gasteiger partial charge < -0.3 is 10.2 Å². The monoisotopic (exact) mass is 432 g/mol. The molecule has 0 unspecified atom stereocenters. The van der Waals surface area contributed by atoms with Gasteiger partial charge in [-0.15, -0.1) is 0 Å². The van der Waals surface area contributed by atoms with E-state index in [1.807, 2.05) is 32.2 Å². The fourth-order valence-corrected chi connectivity index (χ4v) is 4.65. The highest BCUT2D eigenvalue weighted by atomic mass is 35.5. The molecule has 0 atom stereocenters. The quantitative estimate of drug-likeness (QED) is 0.600. The highest BCUT2D eigenvalue weighted by Crippen LogP contribution is 2.38. The molecule has 2 aliphatic heterocycles. The molecule has 0 saturated carbocycles. The number of aromatic amines is 1. The normalized spacial score (nSPS) is 18.1. The van der Waals surface area contributed by atoms with Crippen molar-refractivity contribution in [1.82, 2.24) is 25.5 Å². The highest BCUT2D eigenvalue weighted by molar-refractivity contribution is 6.43. The van der Waals surface area contributed by atoms with Crippen LogP contribution in [0, 0.1) is 5.41 Å². The average molecular weight is 433 g/mol. The molecule has 8 heteroatoms. The second-order valence-electron chi connectivity index (χ2n) is 7.51. The second kappa shape index (κ2) is 8.46. The number of rotatable bonds is 2. The molecule has 2 fully saturated rings. The molecule has 0 aliphatic carbocycles. The highest BCUT2D eigenvalue weighted by Gasteiger charge is 2.37. The van der Waals surface area contributed by atoms with Gasteiger partial charge in [-0.2, -0.15) is 5.10 Å². The van der Waals surface area contributed by atoms with Gasteiger partial charge in [0.25, 0.3) is 0 Å². The maximum atomic E-state index is 6.36. The van der Waals surface area contributed by atoms with Crippen LogP contribution in [0.4, 0.5) is 5.82 Å². The van der Waals surface area contributed by atoms with Crippen LogP contribution in [0.5, 0.6) is 0 Å². The van der Waals surface area contributed by atoms with Gasteiger partial charge in [0.2, 0.25) is 5.65 Å². The van der Waals surface area contributed by atoms with Crippen molar-refractivity contribution >= 4 is 40.2 Å². The zero-order valence-electron chi connectivity index (χ0n) is 16.8. The van der Waals surface area contributed by atoms with Gasteiger partial charge in [0.1, 0.15) is 11.3 Å². The van der Waals surface area contributed by atoms with Crippen LogP contribution in [-0.2, 0) is 0 Å². The summed E-state index contributed by atoms with van der Waals surface area (Å²) in [6, 6.07) is 5.52. The van der Waals surface area contributed by atoms with Crippen molar-refractivity contribution in [2.24, 2.45) is 5.41 Å². The van der Waals surface area contributed by atoms with Crippen LogP contribution in [0.3, 0.4) is 0 Å². The number of nitrogens with zero attached hydrogens (tertiary/aromatic N) is 4. The maximum Gasteiger partial charge on any atom is 0.202 e. The fraction of sp³-hybridized carbons (Fsp3) is 0.476. The van der Waals surface area contributed by atoms with E-state index in [1.54, 1.807) is 6.07 Å². The Morgan fingerprint density at radius 3 is 2.62 bits per heavy atom. The summed E-state index contributed by atoms with van der Waals surface area (Å²) in [5.41, 5.74) is 3.31. The van der Waals surface area contributed by atoms with Gasteiger partial charge in [-0.1, -0.05) is 49.2 Å². The molecule has 2 saturated heterocycles. The summed E-state index contributed by atoms with van der Waals surface area (Å²) < 4.78 is 0. The van der Waals surface area contributed by atoms with Crippen molar-refractivity contribution in [3.05, 3.63) is 34.4 Å². The Balaban J connectivity index is 0.000000994. The number of aromatic nitrogens is 4. The van der Waals surface area contributed by atoms with Crippen LogP contribution < -0.4 is 10.2 Å². The van der Waals surface area contributed by atoms with E-state index in [0.29, 0.717) is 26.6 Å². The summed E-state index contributed by atoms with van der Waals surface area (Å²) in [6.45, 7) is 8.32.